The molecule has 1 fully saturated rings. The average molecular weight is 488 g/mol. The Morgan fingerprint density at radius 2 is 1.79 bits per heavy atom. The normalized spacial score (nSPS) is 15.6. The molecule has 180 valence electrons. The zero-order valence-electron chi connectivity index (χ0n) is 19.1. The standard InChI is InChI=1S/C23H25N3O7S/c1-15-4-5-18(14-20(15)34(28,29)26-10-12-31-13-11-26)23(27)32-16(2)21-24-25-22(33-21)17-6-8-19(30-3)9-7-17/h4-9,14,16H,10-13H2,1-3H3/t16-/m1/s1. The number of sulfonamides is 1. The number of aromatic nitrogens is 2. The number of aryl methyl sites for hydroxylation is 1. The molecular weight excluding hydrogens is 462 g/mol. The predicted molar refractivity (Wildman–Crippen MR) is 121 cm³/mol. The van der Waals surface area contributed by atoms with E-state index in [9.17, 15) is 13.2 Å². The molecule has 2 heterocycles. The smallest absolute Gasteiger partial charge is 0.338 e. The van der Waals surface area contributed by atoms with Gasteiger partial charge in [-0.05, 0) is 55.8 Å². The number of ether oxygens (including phenoxy) is 3. The van der Waals surface area contributed by atoms with Gasteiger partial charge in [0.15, 0.2) is 6.10 Å². The van der Waals surface area contributed by atoms with Crippen LogP contribution in [0.5, 0.6) is 5.75 Å². The van der Waals surface area contributed by atoms with Gasteiger partial charge in [-0.3, -0.25) is 0 Å². The minimum absolute atomic E-state index is 0.0658. The zero-order valence-corrected chi connectivity index (χ0v) is 19.9. The molecule has 1 atom stereocenters. The fourth-order valence-corrected chi connectivity index (χ4v) is 5.12. The molecular formula is C23H25N3O7S. The Morgan fingerprint density at radius 1 is 1.09 bits per heavy atom. The summed E-state index contributed by atoms with van der Waals surface area (Å²) in [5, 5.41) is 7.98. The van der Waals surface area contributed by atoms with E-state index in [1.165, 1.54) is 16.4 Å². The number of rotatable bonds is 7. The maximum absolute atomic E-state index is 13.1. The molecule has 1 aliphatic rings. The van der Waals surface area contributed by atoms with Crippen LogP contribution in [0.2, 0.25) is 0 Å². The first-order valence-electron chi connectivity index (χ1n) is 10.7. The lowest BCUT2D eigenvalue weighted by atomic mass is 10.1. The Balaban J connectivity index is 1.49. The summed E-state index contributed by atoms with van der Waals surface area (Å²) >= 11 is 0. The molecule has 4 rings (SSSR count). The molecule has 3 aromatic rings. The predicted octanol–water partition coefficient (Wildman–Crippen LogP) is 2.99. The van der Waals surface area contributed by atoms with Gasteiger partial charge in [-0.1, -0.05) is 6.07 Å². The minimum atomic E-state index is -3.77. The van der Waals surface area contributed by atoms with Crippen LogP contribution >= 0.6 is 0 Å². The Bertz CT molecular complexity index is 1270. The Labute approximate surface area is 197 Å². The van der Waals surface area contributed by atoms with Gasteiger partial charge in [-0.2, -0.15) is 4.31 Å². The molecule has 10 nitrogen and oxygen atoms in total. The van der Waals surface area contributed by atoms with Gasteiger partial charge in [0.2, 0.25) is 15.9 Å². The van der Waals surface area contributed by atoms with Crippen LogP contribution in [0.4, 0.5) is 0 Å². The van der Waals surface area contributed by atoms with Crippen molar-refractivity contribution in [3.8, 4) is 17.2 Å². The highest BCUT2D eigenvalue weighted by molar-refractivity contribution is 7.89. The van der Waals surface area contributed by atoms with Crippen LogP contribution in [0, 0.1) is 6.92 Å². The lowest BCUT2D eigenvalue weighted by Crippen LogP contribution is -2.40. The summed E-state index contributed by atoms with van der Waals surface area (Å²) in [5.41, 5.74) is 1.34. The third-order valence-electron chi connectivity index (χ3n) is 5.42. The van der Waals surface area contributed by atoms with Crippen molar-refractivity contribution in [1.82, 2.24) is 14.5 Å². The van der Waals surface area contributed by atoms with E-state index in [4.69, 9.17) is 18.6 Å². The van der Waals surface area contributed by atoms with E-state index in [0.717, 1.165) is 0 Å². The van der Waals surface area contributed by atoms with Crippen molar-refractivity contribution in [1.29, 1.82) is 0 Å². The lowest BCUT2D eigenvalue weighted by molar-refractivity contribution is 0.0279. The van der Waals surface area contributed by atoms with Gasteiger partial charge < -0.3 is 18.6 Å². The van der Waals surface area contributed by atoms with Crippen LogP contribution in [-0.4, -0.2) is 62.3 Å². The summed E-state index contributed by atoms with van der Waals surface area (Å²) < 4.78 is 49.0. The van der Waals surface area contributed by atoms with Gasteiger partial charge in [0.25, 0.3) is 5.89 Å². The van der Waals surface area contributed by atoms with Crippen molar-refractivity contribution in [2.24, 2.45) is 0 Å². The third-order valence-corrected chi connectivity index (χ3v) is 7.46. The topological polar surface area (TPSA) is 121 Å². The highest BCUT2D eigenvalue weighted by atomic mass is 32.2. The highest BCUT2D eigenvalue weighted by Crippen LogP contribution is 2.26. The Kier molecular flexibility index (Phi) is 6.96. The highest BCUT2D eigenvalue weighted by Gasteiger charge is 2.29. The van der Waals surface area contributed by atoms with Crippen molar-refractivity contribution >= 4 is 16.0 Å². The second-order valence-electron chi connectivity index (χ2n) is 7.72. The molecule has 1 saturated heterocycles. The van der Waals surface area contributed by atoms with Gasteiger partial charge in [-0.25, -0.2) is 13.2 Å². The molecule has 2 aromatic carbocycles. The zero-order chi connectivity index (χ0) is 24.3. The molecule has 1 aromatic heterocycles. The maximum Gasteiger partial charge on any atom is 0.338 e. The minimum Gasteiger partial charge on any atom is -0.497 e. The molecule has 1 aliphatic heterocycles. The fraction of sp³-hybridized carbons (Fsp3) is 0.348. The summed E-state index contributed by atoms with van der Waals surface area (Å²) in [6.07, 6.45) is -0.840. The van der Waals surface area contributed by atoms with Crippen molar-refractivity contribution in [3.05, 3.63) is 59.5 Å². The van der Waals surface area contributed by atoms with Crippen LogP contribution in [0.1, 0.15) is 34.8 Å². The first-order chi connectivity index (χ1) is 16.3. The molecule has 0 spiro atoms. The summed E-state index contributed by atoms with van der Waals surface area (Å²) in [6.45, 7) is 4.48. The van der Waals surface area contributed by atoms with Crippen LogP contribution in [0.15, 0.2) is 51.8 Å². The molecule has 0 aliphatic carbocycles. The maximum atomic E-state index is 13.1. The van der Waals surface area contributed by atoms with E-state index in [0.29, 0.717) is 30.1 Å². The largest absolute Gasteiger partial charge is 0.497 e. The molecule has 11 heteroatoms. The first-order valence-corrected chi connectivity index (χ1v) is 12.1. The number of carbonyl (C=O) groups is 1. The van der Waals surface area contributed by atoms with Crippen LogP contribution in [0.25, 0.3) is 11.5 Å². The number of hydrogen-bond donors (Lipinski definition) is 0. The molecule has 0 saturated carbocycles. The van der Waals surface area contributed by atoms with Gasteiger partial charge in [-0.15, -0.1) is 10.2 Å². The van der Waals surface area contributed by atoms with Gasteiger partial charge in [0, 0.05) is 18.7 Å². The van der Waals surface area contributed by atoms with Crippen LogP contribution in [-0.2, 0) is 19.5 Å². The van der Waals surface area contributed by atoms with Crippen molar-refractivity contribution < 1.29 is 31.8 Å². The van der Waals surface area contributed by atoms with E-state index in [1.54, 1.807) is 51.3 Å². The quantitative estimate of drug-likeness (QED) is 0.463. The number of esters is 1. The molecule has 34 heavy (non-hydrogen) atoms. The average Bonchev–Trinajstić information content (AvgIpc) is 3.35. The van der Waals surface area contributed by atoms with E-state index >= 15 is 0 Å². The number of carbonyl (C=O) groups excluding carboxylic acids is 1. The SMILES string of the molecule is COc1ccc(-c2nnc([C@@H](C)OC(=O)c3ccc(C)c(S(=O)(=O)N4CCOCC4)c3)o2)cc1. The van der Waals surface area contributed by atoms with Gasteiger partial charge in [0.05, 0.1) is 30.8 Å². The summed E-state index contributed by atoms with van der Waals surface area (Å²) in [5.74, 6) is 0.385. The van der Waals surface area contributed by atoms with Gasteiger partial charge in [0.1, 0.15) is 5.75 Å². The van der Waals surface area contributed by atoms with Crippen molar-refractivity contribution in [2.45, 2.75) is 24.8 Å². The number of nitrogens with zero attached hydrogens (tertiary/aromatic N) is 3. The molecule has 0 unspecified atom stereocenters. The monoisotopic (exact) mass is 487 g/mol. The van der Waals surface area contributed by atoms with E-state index in [1.807, 2.05) is 0 Å². The summed E-state index contributed by atoms with van der Waals surface area (Å²) in [6, 6.07) is 11.5. The molecule has 0 amide bonds. The molecule has 0 bridgehead atoms. The van der Waals surface area contributed by atoms with Crippen molar-refractivity contribution in [2.75, 3.05) is 33.4 Å². The second-order valence-corrected chi connectivity index (χ2v) is 9.62. The van der Waals surface area contributed by atoms with Gasteiger partial charge >= 0.3 is 5.97 Å². The molecule has 0 radical (unpaired) electrons. The first kappa shape index (κ1) is 23.9. The number of morpholine rings is 1. The second kappa shape index (κ2) is 9.92. The summed E-state index contributed by atoms with van der Waals surface area (Å²) in [4.78, 5) is 12.9. The third kappa shape index (κ3) is 4.96. The lowest BCUT2D eigenvalue weighted by Gasteiger charge is -2.26. The number of benzene rings is 2. The van der Waals surface area contributed by atoms with Crippen LogP contribution in [0.3, 0.4) is 0 Å². The number of methoxy groups -OCH3 is 1. The molecule has 0 N–H and O–H groups in total. The summed E-state index contributed by atoms with van der Waals surface area (Å²) in [7, 11) is -2.19. The Hall–Kier alpha value is -3.28. The van der Waals surface area contributed by atoms with E-state index in [-0.39, 0.29) is 35.3 Å². The van der Waals surface area contributed by atoms with Crippen LogP contribution < -0.4 is 4.74 Å². The van der Waals surface area contributed by atoms with E-state index in [2.05, 4.69) is 10.2 Å². The Morgan fingerprint density at radius 3 is 2.47 bits per heavy atom. The number of hydrogen-bond acceptors (Lipinski definition) is 9. The fourth-order valence-electron chi connectivity index (χ4n) is 3.46. The van der Waals surface area contributed by atoms with Crippen molar-refractivity contribution in [3.63, 3.8) is 0 Å². The van der Waals surface area contributed by atoms with E-state index < -0.39 is 22.1 Å².